The van der Waals surface area contributed by atoms with Crippen molar-refractivity contribution in [2.75, 3.05) is 7.05 Å². The van der Waals surface area contributed by atoms with Crippen molar-refractivity contribution in [3.05, 3.63) is 95.8 Å². The van der Waals surface area contributed by atoms with Crippen LogP contribution < -0.4 is 5.32 Å². The first kappa shape index (κ1) is 20.4. The van der Waals surface area contributed by atoms with Crippen molar-refractivity contribution in [3.63, 3.8) is 0 Å². The monoisotopic (exact) mass is 389 g/mol. The lowest BCUT2D eigenvalue weighted by atomic mass is 10.0. The third-order valence-corrected chi connectivity index (χ3v) is 4.89. The normalized spacial score (nSPS) is 11.7. The van der Waals surface area contributed by atoms with Crippen LogP contribution in [0.15, 0.2) is 79.1 Å². The molecule has 0 bridgehead atoms. The zero-order valence-electron chi connectivity index (χ0n) is 16.9. The quantitative estimate of drug-likeness (QED) is 0.641. The van der Waals surface area contributed by atoms with E-state index < -0.39 is 6.04 Å². The molecule has 3 aromatic rings. The summed E-state index contributed by atoms with van der Waals surface area (Å²) in [6.07, 6.45) is 4.49. The second-order valence-electron chi connectivity index (χ2n) is 7.13. The van der Waals surface area contributed by atoms with Crippen LogP contribution in [0.25, 0.3) is 0 Å². The fourth-order valence-electron chi connectivity index (χ4n) is 3.28. The number of nitrogens with zero attached hydrogens (tertiary/aromatic N) is 2. The Morgan fingerprint density at radius 3 is 2.24 bits per heavy atom. The van der Waals surface area contributed by atoms with Crippen LogP contribution >= 0.6 is 0 Å². The summed E-state index contributed by atoms with van der Waals surface area (Å²) in [5.41, 5.74) is 2.61. The SMILES string of the molecule is CCn1ccc(CN(C)C(=O)[C@@H](Cc2ccccc2)NC(=O)c2ccccc2)c1. The Balaban J connectivity index is 1.75. The van der Waals surface area contributed by atoms with Crippen LogP contribution in [0.3, 0.4) is 0 Å². The largest absolute Gasteiger partial charge is 0.354 e. The molecule has 1 aromatic heterocycles. The topological polar surface area (TPSA) is 54.3 Å². The zero-order chi connectivity index (χ0) is 20.6. The molecule has 0 aliphatic rings. The molecule has 0 radical (unpaired) electrons. The smallest absolute Gasteiger partial charge is 0.251 e. The van der Waals surface area contributed by atoms with Gasteiger partial charge in [-0.25, -0.2) is 0 Å². The number of amides is 2. The van der Waals surface area contributed by atoms with Crippen molar-refractivity contribution >= 4 is 11.8 Å². The van der Waals surface area contributed by atoms with Crippen molar-refractivity contribution < 1.29 is 9.59 Å². The van der Waals surface area contributed by atoms with Gasteiger partial charge in [0.05, 0.1) is 0 Å². The van der Waals surface area contributed by atoms with Gasteiger partial charge in [-0.2, -0.15) is 0 Å². The van der Waals surface area contributed by atoms with Gasteiger partial charge >= 0.3 is 0 Å². The van der Waals surface area contributed by atoms with Gasteiger partial charge < -0.3 is 14.8 Å². The number of carbonyl (C=O) groups is 2. The van der Waals surface area contributed by atoms with Gasteiger partial charge in [0.2, 0.25) is 5.91 Å². The highest BCUT2D eigenvalue weighted by Crippen LogP contribution is 2.11. The molecule has 29 heavy (non-hydrogen) atoms. The maximum atomic E-state index is 13.2. The van der Waals surface area contributed by atoms with Crippen LogP contribution in [0.1, 0.15) is 28.4 Å². The summed E-state index contributed by atoms with van der Waals surface area (Å²) < 4.78 is 2.08. The number of carbonyl (C=O) groups excluding carboxylic acids is 2. The van der Waals surface area contributed by atoms with E-state index in [9.17, 15) is 9.59 Å². The maximum absolute atomic E-state index is 13.2. The Morgan fingerprint density at radius 1 is 0.966 bits per heavy atom. The summed E-state index contributed by atoms with van der Waals surface area (Å²) in [5.74, 6) is -0.354. The van der Waals surface area contributed by atoms with Crippen molar-refractivity contribution in [1.82, 2.24) is 14.8 Å². The highest BCUT2D eigenvalue weighted by Gasteiger charge is 2.25. The van der Waals surface area contributed by atoms with E-state index in [1.165, 1.54) is 0 Å². The third-order valence-electron chi connectivity index (χ3n) is 4.89. The average molecular weight is 389 g/mol. The molecule has 0 unspecified atom stereocenters. The summed E-state index contributed by atoms with van der Waals surface area (Å²) in [7, 11) is 1.78. The Hall–Kier alpha value is -3.34. The average Bonchev–Trinajstić information content (AvgIpc) is 3.21. The molecule has 5 heteroatoms. The van der Waals surface area contributed by atoms with Gasteiger partial charge in [0.15, 0.2) is 0 Å². The van der Waals surface area contributed by atoms with E-state index in [0.717, 1.165) is 17.7 Å². The van der Waals surface area contributed by atoms with Crippen LogP contribution in [0.2, 0.25) is 0 Å². The lowest BCUT2D eigenvalue weighted by Crippen LogP contribution is -2.48. The van der Waals surface area contributed by atoms with Crippen LogP contribution in [0.4, 0.5) is 0 Å². The molecule has 1 N–H and O–H groups in total. The van der Waals surface area contributed by atoms with Crippen molar-refractivity contribution in [1.29, 1.82) is 0 Å². The van der Waals surface area contributed by atoms with Crippen LogP contribution in [0.5, 0.6) is 0 Å². The molecular formula is C24H27N3O2. The van der Waals surface area contributed by atoms with E-state index in [0.29, 0.717) is 18.5 Å². The first-order valence-electron chi connectivity index (χ1n) is 9.86. The summed E-state index contributed by atoms with van der Waals surface area (Å²) >= 11 is 0. The number of aryl methyl sites for hydroxylation is 1. The second-order valence-corrected chi connectivity index (χ2v) is 7.13. The predicted octanol–water partition coefficient (Wildman–Crippen LogP) is 3.51. The molecule has 0 aliphatic heterocycles. The van der Waals surface area contributed by atoms with E-state index in [4.69, 9.17) is 0 Å². The number of hydrogen-bond acceptors (Lipinski definition) is 2. The van der Waals surface area contributed by atoms with Gasteiger partial charge in [-0.15, -0.1) is 0 Å². The Labute approximate surface area is 172 Å². The number of rotatable bonds is 8. The number of likely N-dealkylation sites (N-methyl/N-ethyl adjacent to an activating group) is 1. The first-order valence-corrected chi connectivity index (χ1v) is 9.86. The molecular weight excluding hydrogens is 362 g/mol. The molecule has 5 nitrogen and oxygen atoms in total. The summed E-state index contributed by atoms with van der Waals surface area (Å²) in [4.78, 5) is 27.6. The Kier molecular flexibility index (Phi) is 6.85. The minimum absolute atomic E-state index is 0.109. The van der Waals surface area contributed by atoms with Gasteiger partial charge in [-0.1, -0.05) is 48.5 Å². The Bertz CT molecular complexity index is 935. The number of hydrogen-bond donors (Lipinski definition) is 1. The van der Waals surface area contributed by atoms with Crippen LogP contribution in [0, 0.1) is 0 Å². The molecule has 0 spiro atoms. The van der Waals surface area contributed by atoms with Crippen LogP contribution in [-0.2, 0) is 24.3 Å². The van der Waals surface area contributed by atoms with Gasteiger partial charge in [0.1, 0.15) is 6.04 Å². The minimum Gasteiger partial charge on any atom is -0.354 e. The number of nitrogens with one attached hydrogen (secondary N) is 1. The molecule has 2 aromatic carbocycles. The number of benzene rings is 2. The molecule has 0 saturated carbocycles. The van der Waals surface area contributed by atoms with E-state index in [1.807, 2.05) is 67.0 Å². The molecule has 1 atom stereocenters. The lowest BCUT2D eigenvalue weighted by Gasteiger charge is -2.25. The van der Waals surface area contributed by atoms with Crippen LogP contribution in [-0.4, -0.2) is 34.4 Å². The van der Waals surface area contributed by atoms with E-state index in [-0.39, 0.29) is 11.8 Å². The van der Waals surface area contributed by atoms with Crippen molar-refractivity contribution in [3.8, 4) is 0 Å². The molecule has 0 aliphatic carbocycles. The summed E-state index contributed by atoms with van der Waals surface area (Å²) in [6, 6.07) is 20.1. The predicted molar refractivity (Wildman–Crippen MR) is 114 cm³/mol. The van der Waals surface area contributed by atoms with E-state index in [2.05, 4.69) is 16.8 Å². The second kappa shape index (κ2) is 9.73. The lowest BCUT2D eigenvalue weighted by molar-refractivity contribution is -0.132. The Morgan fingerprint density at radius 2 is 1.62 bits per heavy atom. The third kappa shape index (κ3) is 5.57. The number of aromatic nitrogens is 1. The van der Waals surface area contributed by atoms with Crippen molar-refractivity contribution in [2.45, 2.75) is 32.5 Å². The fraction of sp³-hybridized carbons (Fsp3) is 0.250. The molecule has 150 valence electrons. The maximum Gasteiger partial charge on any atom is 0.251 e. The highest BCUT2D eigenvalue weighted by molar-refractivity contribution is 5.97. The molecule has 2 amide bonds. The fourth-order valence-corrected chi connectivity index (χ4v) is 3.28. The highest BCUT2D eigenvalue weighted by atomic mass is 16.2. The first-order chi connectivity index (χ1) is 14.1. The van der Waals surface area contributed by atoms with Gasteiger partial charge in [0.25, 0.3) is 5.91 Å². The molecule has 0 fully saturated rings. The summed E-state index contributed by atoms with van der Waals surface area (Å²) in [5, 5.41) is 2.93. The van der Waals surface area contributed by atoms with E-state index >= 15 is 0 Å². The zero-order valence-corrected chi connectivity index (χ0v) is 16.9. The minimum atomic E-state index is -0.636. The van der Waals surface area contributed by atoms with Gasteiger partial charge in [0, 0.05) is 44.5 Å². The summed E-state index contributed by atoms with van der Waals surface area (Å²) in [6.45, 7) is 3.47. The van der Waals surface area contributed by atoms with Crippen molar-refractivity contribution in [2.24, 2.45) is 0 Å². The van der Waals surface area contributed by atoms with E-state index in [1.54, 1.807) is 24.1 Å². The standard InChI is InChI=1S/C24H27N3O2/c1-3-27-15-14-20(18-27)17-26(2)24(29)22(16-19-10-6-4-7-11-19)25-23(28)21-12-8-5-9-13-21/h4-15,18,22H,3,16-17H2,1-2H3,(H,25,28)/t22-/m1/s1. The van der Waals surface area contributed by atoms with Gasteiger partial charge in [-0.3, -0.25) is 9.59 Å². The van der Waals surface area contributed by atoms with Gasteiger partial charge in [-0.05, 0) is 36.2 Å². The molecule has 3 rings (SSSR count). The molecule has 1 heterocycles. The molecule has 0 saturated heterocycles.